The predicted octanol–water partition coefficient (Wildman–Crippen LogP) is 2.42. The lowest BCUT2D eigenvalue weighted by molar-refractivity contribution is -0.135. The van der Waals surface area contributed by atoms with Crippen LogP contribution in [0.4, 0.5) is 0 Å². The van der Waals surface area contributed by atoms with E-state index in [-0.39, 0.29) is 12.1 Å². The van der Waals surface area contributed by atoms with Gasteiger partial charge in [0.25, 0.3) is 0 Å². The van der Waals surface area contributed by atoms with Crippen LogP contribution in [0.3, 0.4) is 0 Å². The van der Waals surface area contributed by atoms with Crippen LogP contribution in [0.15, 0.2) is 11.6 Å². The van der Waals surface area contributed by atoms with Crippen LogP contribution in [0.2, 0.25) is 0 Å². The highest BCUT2D eigenvalue weighted by atomic mass is 79.9. The first-order valence-corrected chi connectivity index (χ1v) is 6.29. The van der Waals surface area contributed by atoms with Gasteiger partial charge in [-0.15, -0.1) is 0 Å². The van der Waals surface area contributed by atoms with Crippen molar-refractivity contribution in [1.29, 1.82) is 0 Å². The van der Waals surface area contributed by atoms with Gasteiger partial charge in [-0.2, -0.15) is 0 Å². The molecule has 0 spiro atoms. The predicted molar refractivity (Wildman–Crippen MR) is 64.0 cm³/mol. The average Bonchev–Trinajstić information content (AvgIpc) is 2.26. The topological polar surface area (TPSA) is 46.5 Å². The molecule has 1 N–H and O–H groups in total. The maximum Gasteiger partial charge on any atom is 0.334 e. The van der Waals surface area contributed by atoms with Gasteiger partial charge in [-0.1, -0.05) is 41.8 Å². The van der Waals surface area contributed by atoms with Crippen molar-refractivity contribution in [2.45, 2.75) is 38.7 Å². The molecule has 1 unspecified atom stereocenters. The van der Waals surface area contributed by atoms with Crippen molar-refractivity contribution in [3.05, 3.63) is 11.6 Å². The lowest BCUT2D eigenvalue weighted by atomic mass is 10.1. The number of hydrogen-bond donors (Lipinski definition) is 1. The first kappa shape index (κ1) is 14.6. The van der Waals surface area contributed by atoms with Gasteiger partial charge in [0, 0.05) is 10.9 Å². The van der Waals surface area contributed by atoms with Crippen molar-refractivity contribution >= 4 is 21.9 Å². The zero-order valence-electron chi connectivity index (χ0n) is 9.33. The fraction of sp³-hybridized carbons (Fsp3) is 0.727. The zero-order chi connectivity index (χ0) is 11.7. The number of aliphatic hydroxyl groups excluding tert-OH is 1. The van der Waals surface area contributed by atoms with Crippen LogP contribution in [0, 0.1) is 0 Å². The fourth-order valence-corrected chi connectivity index (χ4v) is 1.62. The second kappa shape index (κ2) is 8.92. The number of methoxy groups -OCH3 is 1. The molecule has 3 nitrogen and oxygen atoms in total. The van der Waals surface area contributed by atoms with Gasteiger partial charge in [0.15, 0.2) is 0 Å². The fourth-order valence-electron chi connectivity index (χ4n) is 1.16. The number of rotatable bonds is 7. The summed E-state index contributed by atoms with van der Waals surface area (Å²) >= 11 is 3.21. The summed E-state index contributed by atoms with van der Waals surface area (Å²) < 4.78 is 4.60. The first-order chi connectivity index (χ1) is 7.15. The largest absolute Gasteiger partial charge is 0.466 e. The molecule has 0 aliphatic carbocycles. The number of unbranched alkanes of at least 4 members (excludes halogenated alkanes) is 1. The normalized spacial score (nSPS) is 13.7. The minimum Gasteiger partial charge on any atom is -0.466 e. The molecule has 0 rings (SSSR count). The lowest BCUT2D eigenvalue weighted by Crippen LogP contribution is -2.09. The molecule has 0 heterocycles. The molecule has 0 aromatic rings. The van der Waals surface area contributed by atoms with Gasteiger partial charge in [-0.3, -0.25) is 0 Å². The molecular formula is C11H19BrO3. The van der Waals surface area contributed by atoms with Crippen molar-refractivity contribution in [3.63, 3.8) is 0 Å². The Bertz CT molecular complexity index is 214. The summed E-state index contributed by atoms with van der Waals surface area (Å²) in [5.41, 5.74) is 0.563. The van der Waals surface area contributed by atoms with Crippen LogP contribution < -0.4 is 0 Å². The molecular weight excluding hydrogens is 260 g/mol. The molecule has 15 heavy (non-hydrogen) atoms. The van der Waals surface area contributed by atoms with Gasteiger partial charge in [0.05, 0.1) is 13.2 Å². The highest BCUT2D eigenvalue weighted by Gasteiger charge is 2.08. The summed E-state index contributed by atoms with van der Waals surface area (Å²) in [7, 11) is 1.35. The third kappa shape index (κ3) is 6.68. The Hall–Kier alpha value is -0.350. The number of esters is 1. The minimum absolute atomic E-state index is 0.338. The SMILES string of the molecule is CCCCC(O)C/C=C(\CBr)C(=O)OC. The Labute approximate surface area is 99.6 Å². The molecule has 88 valence electrons. The number of halogens is 1. The highest BCUT2D eigenvalue weighted by molar-refractivity contribution is 9.09. The van der Waals surface area contributed by atoms with Crippen molar-refractivity contribution in [2.24, 2.45) is 0 Å². The van der Waals surface area contributed by atoms with Gasteiger partial charge >= 0.3 is 5.97 Å². The lowest BCUT2D eigenvalue weighted by Gasteiger charge is -2.07. The average molecular weight is 279 g/mol. The standard InChI is InChI=1S/C11H19BrO3/c1-3-4-5-10(13)7-6-9(8-12)11(14)15-2/h6,10,13H,3-5,7-8H2,1-2H3/b9-6+. The molecule has 0 aromatic carbocycles. The Morgan fingerprint density at radius 3 is 2.73 bits per heavy atom. The molecule has 0 bridgehead atoms. The van der Waals surface area contributed by atoms with Crippen LogP contribution in [0.25, 0.3) is 0 Å². The van der Waals surface area contributed by atoms with E-state index in [0.29, 0.717) is 17.3 Å². The van der Waals surface area contributed by atoms with E-state index in [1.165, 1.54) is 7.11 Å². The highest BCUT2D eigenvalue weighted by Crippen LogP contribution is 2.09. The van der Waals surface area contributed by atoms with E-state index in [0.717, 1.165) is 19.3 Å². The molecule has 4 heteroatoms. The number of aliphatic hydroxyl groups is 1. The summed E-state index contributed by atoms with van der Waals surface area (Å²) in [6.07, 6.45) is 4.75. The Morgan fingerprint density at radius 2 is 2.27 bits per heavy atom. The molecule has 0 aliphatic heterocycles. The van der Waals surface area contributed by atoms with E-state index < -0.39 is 0 Å². The van der Waals surface area contributed by atoms with Crippen molar-refractivity contribution < 1.29 is 14.6 Å². The quantitative estimate of drug-likeness (QED) is 0.442. The third-order valence-electron chi connectivity index (χ3n) is 2.12. The van der Waals surface area contributed by atoms with Crippen LogP contribution in [0.5, 0.6) is 0 Å². The van der Waals surface area contributed by atoms with Crippen LogP contribution in [-0.2, 0) is 9.53 Å². The van der Waals surface area contributed by atoms with E-state index in [9.17, 15) is 9.90 Å². The third-order valence-corrected chi connectivity index (χ3v) is 2.72. The summed E-state index contributed by atoms with van der Waals surface area (Å²) in [5.74, 6) is -0.338. The summed E-state index contributed by atoms with van der Waals surface area (Å²) in [5, 5.41) is 10.0. The van der Waals surface area contributed by atoms with Crippen LogP contribution in [-0.4, -0.2) is 29.6 Å². The second-order valence-corrected chi connectivity index (χ2v) is 3.95. The Kier molecular flexibility index (Phi) is 8.71. The maximum absolute atomic E-state index is 11.2. The molecule has 1 atom stereocenters. The smallest absolute Gasteiger partial charge is 0.334 e. The summed E-state index contributed by atoms with van der Waals surface area (Å²) in [6, 6.07) is 0. The van der Waals surface area contributed by atoms with Gasteiger partial charge in [-0.05, 0) is 12.8 Å². The minimum atomic E-state index is -0.358. The second-order valence-electron chi connectivity index (χ2n) is 3.39. The van der Waals surface area contributed by atoms with Gasteiger partial charge in [0.1, 0.15) is 0 Å². The molecule has 0 amide bonds. The first-order valence-electron chi connectivity index (χ1n) is 5.17. The Balaban J connectivity index is 4.04. The number of hydrogen-bond acceptors (Lipinski definition) is 3. The molecule has 0 saturated heterocycles. The van der Waals surface area contributed by atoms with Gasteiger partial charge in [0.2, 0.25) is 0 Å². The number of carbonyl (C=O) groups excluding carboxylic acids is 1. The van der Waals surface area contributed by atoms with E-state index in [4.69, 9.17) is 0 Å². The number of ether oxygens (including phenoxy) is 1. The van der Waals surface area contributed by atoms with Crippen molar-refractivity contribution in [2.75, 3.05) is 12.4 Å². The number of carbonyl (C=O) groups is 1. The van der Waals surface area contributed by atoms with E-state index >= 15 is 0 Å². The molecule has 0 fully saturated rings. The molecule has 0 saturated carbocycles. The van der Waals surface area contributed by atoms with E-state index in [1.54, 1.807) is 6.08 Å². The maximum atomic E-state index is 11.2. The molecule has 0 radical (unpaired) electrons. The number of alkyl halides is 1. The van der Waals surface area contributed by atoms with Gasteiger partial charge in [-0.25, -0.2) is 4.79 Å². The van der Waals surface area contributed by atoms with Crippen LogP contribution >= 0.6 is 15.9 Å². The molecule has 0 aliphatic rings. The Morgan fingerprint density at radius 1 is 1.60 bits per heavy atom. The molecule has 0 aromatic heterocycles. The summed E-state index contributed by atoms with van der Waals surface area (Å²) in [4.78, 5) is 11.2. The van der Waals surface area contributed by atoms with E-state index in [1.807, 2.05) is 0 Å². The summed E-state index contributed by atoms with van der Waals surface area (Å²) in [6.45, 7) is 2.08. The van der Waals surface area contributed by atoms with Crippen LogP contribution in [0.1, 0.15) is 32.6 Å². The van der Waals surface area contributed by atoms with Crippen molar-refractivity contribution in [1.82, 2.24) is 0 Å². The monoisotopic (exact) mass is 278 g/mol. The van der Waals surface area contributed by atoms with Gasteiger partial charge < -0.3 is 9.84 Å². The van der Waals surface area contributed by atoms with E-state index in [2.05, 4.69) is 27.6 Å². The zero-order valence-corrected chi connectivity index (χ0v) is 10.9. The van der Waals surface area contributed by atoms with Crippen molar-refractivity contribution in [3.8, 4) is 0 Å².